The van der Waals surface area contributed by atoms with E-state index >= 15 is 0 Å². The van der Waals surface area contributed by atoms with Crippen LogP contribution in [-0.4, -0.2) is 44.9 Å². The van der Waals surface area contributed by atoms with Gasteiger partial charge < -0.3 is 10.1 Å². The molecule has 0 unspecified atom stereocenters. The number of hydrogen-bond donors (Lipinski definition) is 1. The monoisotopic (exact) mass is 410 g/mol. The highest BCUT2D eigenvalue weighted by Crippen LogP contribution is 2.18. The molecule has 7 heteroatoms. The van der Waals surface area contributed by atoms with Gasteiger partial charge in [-0.15, -0.1) is 0 Å². The summed E-state index contributed by atoms with van der Waals surface area (Å²) in [5.41, 5.74) is 1.43. The van der Waals surface area contributed by atoms with Crippen LogP contribution in [0, 0.1) is 0 Å². The zero-order chi connectivity index (χ0) is 20.3. The van der Waals surface area contributed by atoms with Gasteiger partial charge in [-0.05, 0) is 40.6 Å². The first-order chi connectivity index (χ1) is 14.0. The summed E-state index contributed by atoms with van der Waals surface area (Å²) >= 11 is 0. The van der Waals surface area contributed by atoms with Gasteiger partial charge >= 0.3 is 0 Å². The van der Waals surface area contributed by atoms with E-state index in [4.69, 9.17) is 4.74 Å². The fraction of sp³-hybridized carbons (Fsp3) is 0.227. The van der Waals surface area contributed by atoms with Gasteiger partial charge in [0.15, 0.2) is 0 Å². The van der Waals surface area contributed by atoms with Crippen molar-refractivity contribution in [2.45, 2.75) is 11.4 Å². The lowest BCUT2D eigenvalue weighted by molar-refractivity contribution is 0.0730. The molecule has 0 saturated carbocycles. The van der Waals surface area contributed by atoms with Gasteiger partial charge in [0, 0.05) is 25.2 Å². The molecule has 4 rings (SSSR count). The van der Waals surface area contributed by atoms with Gasteiger partial charge in [0.2, 0.25) is 10.0 Å². The second-order valence-corrected chi connectivity index (χ2v) is 8.84. The molecule has 1 aliphatic heterocycles. The zero-order valence-electron chi connectivity index (χ0n) is 15.9. The number of ether oxygens (including phenoxy) is 1. The normalized spacial score (nSPS) is 15.3. The van der Waals surface area contributed by atoms with E-state index in [1.165, 1.54) is 4.31 Å². The fourth-order valence-corrected chi connectivity index (χ4v) is 4.74. The summed E-state index contributed by atoms with van der Waals surface area (Å²) in [5.74, 6) is -0.166. The Morgan fingerprint density at radius 3 is 2.34 bits per heavy atom. The van der Waals surface area contributed by atoms with E-state index in [0.717, 1.165) is 16.3 Å². The first-order valence-corrected chi connectivity index (χ1v) is 10.9. The van der Waals surface area contributed by atoms with E-state index in [0.29, 0.717) is 38.4 Å². The van der Waals surface area contributed by atoms with Gasteiger partial charge in [0.1, 0.15) is 0 Å². The number of sulfonamides is 1. The van der Waals surface area contributed by atoms with Crippen LogP contribution in [0.5, 0.6) is 0 Å². The molecule has 0 aromatic heterocycles. The highest BCUT2D eigenvalue weighted by Gasteiger charge is 2.26. The van der Waals surface area contributed by atoms with Crippen molar-refractivity contribution in [1.29, 1.82) is 0 Å². The summed E-state index contributed by atoms with van der Waals surface area (Å²) in [6.45, 7) is 1.89. The standard InChI is InChI=1S/C22H22N2O4S/c25-22(20-8-7-18-3-1-2-4-19(18)15-20)23-16-17-5-9-21(10-6-17)29(26,27)24-11-13-28-14-12-24/h1-10,15H,11-14,16H2,(H,23,25). The summed E-state index contributed by atoms with van der Waals surface area (Å²) in [5, 5.41) is 4.98. The molecule has 29 heavy (non-hydrogen) atoms. The van der Waals surface area contributed by atoms with E-state index < -0.39 is 10.0 Å². The lowest BCUT2D eigenvalue weighted by Crippen LogP contribution is -2.40. The molecular formula is C22H22N2O4S. The van der Waals surface area contributed by atoms with Crippen LogP contribution in [0.2, 0.25) is 0 Å². The minimum absolute atomic E-state index is 0.166. The SMILES string of the molecule is O=C(NCc1ccc(S(=O)(=O)N2CCOCC2)cc1)c1ccc2ccccc2c1. The van der Waals surface area contributed by atoms with Crippen LogP contribution in [0.25, 0.3) is 10.8 Å². The third kappa shape index (κ3) is 4.32. The van der Waals surface area contributed by atoms with Crippen molar-refractivity contribution in [1.82, 2.24) is 9.62 Å². The van der Waals surface area contributed by atoms with Crippen LogP contribution in [0.4, 0.5) is 0 Å². The average molecular weight is 410 g/mol. The van der Waals surface area contributed by atoms with Crippen LogP contribution in [0.15, 0.2) is 71.6 Å². The number of amides is 1. The minimum atomic E-state index is -3.51. The number of nitrogens with zero attached hydrogens (tertiary/aromatic N) is 1. The molecule has 0 spiro atoms. The maximum atomic E-state index is 12.7. The number of carbonyl (C=O) groups excluding carboxylic acids is 1. The van der Waals surface area contributed by atoms with Crippen molar-refractivity contribution in [3.63, 3.8) is 0 Å². The number of benzene rings is 3. The largest absolute Gasteiger partial charge is 0.379 e. The Morgan fingerprint density at radius 2 is 1.62 bits per heavy atom. The quantitative estimate of drug-likeness (QED) is 0.702. The Balaban J connectivity index is 1.41. The van der Waals surface area contributed by atoms with E-state index in [1.54, 1.807) is 30.3 Å². The molecule has 0 bridgehead atoms. The lowest BCUT2D eigenvalue weighted by Gasteiger charge is -2.26. The van der Waals surface area contributed by atoms with E-state index in [1.807, 2.05) is 36.4 Å². The Kier molecular flexibility index (Phi) is 5.62. The van der Waals surface area contributed by atoms with Gasteiger partial charge in [-0.3, -0.25) is 4.79 Å². The number of rotatable bonds is 5. The molecular weight excluding hydrogens is 388 g/mol. The van der Waals surface area contributed by atoms with Crippen LogP contribution in [0.3, 0.4) is 0 Å². The first kappa shape index (κ1) is 19.6. The molecule has 3 aromatic carbocycles. The Hall–Kier alpha value is -2.74. The second kappa shape index (κ2) is 8.32. The minimum Gasteiger partial charge on any atom is -0.379 e. The molecule has 0 aliphatic carbocycles. The number of fused-ring (bicyclic) bond motifs is 1. The van der Waals surface area contributed by atoms with E-state index in [9.17, 15) is 13.2 Å². The smallest absolute Gasteiger partial charge is 0.251 e. The van der Waals surface area contributed by atoms with Crippen LogP contribution in [0.1, 0.15) is 15.9 Å². The lowest BCUT2D eigenvalue weighted by atomic mass is 10.1. The number of nitrogens with one attached hydrogen (secondary N) is 1. The molecule has 1 fully saturated rings. The molecule has 150 valence electrons. The number of carbonyl (C=O) groups is 1. The predicted molar refractivity (Wildman–Crippen MR) is 111 cm³/mol. The van der Waals surface area contributed by atoms with Crippen LogP contribution in [-0.2, 0) is 21.3 Å². The molecule has 1 heterocycles. The third-order valence-electron chi connectivity index (χ3n) is 5.00. The van der Waals surface area contributed by atoms with Crippen molar-refractivity contribution >= 4 is 26.7 Å². The Bertz CT molecular complexity index is 1120. The molecule has 1 amide bonds. The molecule has 1 saturated heterocycles. The van der Waals surface area contributed by atoms with Crippen molar-refractivity contribution in [3.05, 3.63) is 77.9 Å². The van der Waals surface area contributed by atoms with Gasteiger partial charge in [0.05, 0.1) is 18.1 Å². The molecule has 1 N–H and O–H groups in total. The maximum absolute atomic E-state index is 12.7. The molecule has 0 radical (unpaired) electrons. The average Bonchev–Trinajstić information content (AvgIpc) is 2.78. The van der Waals surface area contributed by atoms with Gasteiger partial charge in [-0.25, -0.2) is 8.42 Å². The van der Waals surface area contributed by atoms with Crippen molar-refractivity contribution < 1.29 is 17.9 Å². The number of hydrogen-bond acceptors (Lipinski definition) is 4. The topological polar surface area (TPSA) is 75.7 Å². The highest BCUT2D eigenvalue weighted by atomic mass is 32.2. The van der Waals surface area contributed by atoms with Crippen molar-refractivity contribution in [3.8, 4) is 0 Å². The molecule has 0 atom stereocenters. The van der Waals surface area contributed by atoms with Crippen molar-refractivity contribution in [2.24, 2.45) is 0 Å². The van der Waals surface area contributed by atoms with Crippen LogP contribution < -0.4 is 5.32 Å². The predicted octanol–water partition coefficient (Wildman–Crippen LogP) is 2.79. The summed E-state index contributed by atoms with van der Waals surface area (Å²) < 4.78 is 32.0. The van der Waals surface area contributed by atoms with Gasteiger partial charge in [0.25, 0.3) is 5.91 Å². The summed E-state index contributed by atoms with van der Waals surface area (Å²) in [6.07, 6.45) is 0. The highest BCUT2D eigenvalue weighted by molar-refractivity contribution is 7.89. The Labute approximate surface area is 170 Å². The zero-order valence-corrected chi connectivity index (χ0v) is 16.7. The van der Waals surface area contributed by atoms with E-state index in [2.05, 4.69) is 5.32 Å². The summed E-state index contributed by atoms with van der Waals surface area (Å²) in [7, 11) is -3.51. The third-order valence-corrected chi connectivity index (χ3v) is 6.91. The second-order valence-electron chi connectivity index (χ2n) is 6.91. The molecule has 3 aromatic rings. The molecule has 6 nitrogen and oxygen atoms in total. The molecule has 1 aliphatic rings. The summed E-state index contributed by atoms with van der Waals surface area (Å²) in [4.78, 5) is 12.7. The van der Waals surface area contributed by atoms with Gasteiger partial charge in [-0.1, -0.05) is 42.5 Å². The van der Waals surface area contributed by atoms with Gasteiger partial charge in [-0.2, -0.15) is 4.31 Å². The maximum Gasteiger partial charge on any atom is 0.251 e. The van der Waals surface area contributed by atoms with E-state index in [-0.39, 0.29) is 10.8 Å². The number of morpholine rings is 1. The first-order valence-electron chi connectivity index (χ1n) is 9.48. The summed E-state index contributed by atoms with van der Waals surface area (Å²) in [6, 6.07) is 20.1. The Morgan fingerprint density at radius 1 is 0.931 bits per heavy atom. The van der Waals surface area contributed by atoms with Crippen molar-refractivity contribution in [2.75, 3.05) is 26.3 Å². The fourth-order valence-electron chi connectivity index (χ4n) is 3.33. The van der Waals surface area contributed by atoms with Crippen LogP contribution >= 0.6 is 0 Å².